The number of nitrogens with one attached hydrogen (secondary N) is 1. The third-order valence-electron chi connectivity index (χ3n) is 3.76. The quantitative estimate of drug-likeness (QED) is 0.350. The van der Waals surface area contributed by atoms with Gasteiger partial charge in [0.05, 0.1) is 0 Å². The topological polar surface area (TPSA) is 178 Å². The Morgan fingerprint density at radius 3 is 1.83 bits per heavy atom. The van der Waals surface area contributed by atoms with Gasteiger partial charge >= 0.3 is 0 Å². The van der Waals surface area contributed by atoms with Gasteiger partial charge in [-0.25, -0.2) is 0 Å². The van der Waals surface area contributed by atoms with E-state index in [0.29, 0.717) is 0 Å². The van der Waals surface area contributed by atoms with Crippen molar-refractivity contribution in [2.75, 3.05) is 0 Å². The Morgan fingerprint density at radius 1 is 1.09 bits per heavy atom. The number of carbonyl (C=O) groups is 3. The first kappa shape index (κ1) is 27.2. The average molecular weight is 514 g/mol. The summed E-state index contributed by atoms with van der Waals surface area (Å²) in [5, 5.41) is 2.56. The molecule has 1 heterocycles. The molecular formula is C14H29N3O5Pt. The van der Waals surface area contributed by atoms with E-state index in [1.807, 2.05) is 0 Å². The van der Waals surface area contributed by atoms with E-state index in [0.717, 1.165) is 12.8 Å². The number of hydrogen-bond donors (Lipinski definition) is 3. The molecule has 2 aliphatic rings. The standard InChI is InChI=1S/C8H11NO3.C6H14N2.2H2O.Pt/c1-4-3-6(11)7(5(2)10)8(12)9-4;7-5-3-1-2-4-6(5)8;;;/h4,7H,3H2,1-2H3,(H,9,12);5-6H,1-4,7-8H2;2*1H2;/t;5-,6-;;;/m.1.../s1. The zero-order valence-corrected chi connectivity index (χ0v) is 15.8. The van der Waals surface area contributed by atoms with Crippen molar-refractivity contribution in [2.24, 2.45) is 17.4 Å². The Bertz CT molecular complexity index is 367. The summed E-state index contributed by atoms with van der Waals surface area (Å²) < 4.78 is 0. The van der Waals surface area contributed by atoms with Crippen molar-refractivity contribution in [3.63, 3.8) is 0 Å². The Labute approximate surface area is 151 Å². The number of carbonyl (C=O) groups excluding carboxylic acids is 3. The average Bonchev–Trinajstić information content (AvgIpc) is 2.32. The summed E-state index contributed by atoms with van der Waals surface area (Å²) in [6, 6.07) is 0.424. The second kappa shape index (κ2) is 12.7. The molecule has 23 heavy (non-hydrogen) atoms. The van der Waals surface area contributed by atoms with Crippen molar-refractivity contribution in [2.45, 2.75) is 64.1 Å². The van der Waals surface area contributed by atoms with Crippen molar-refractivity contribution in [1.82, 2.24) is 5.32 Å². The Balaban J connectivity index is -0.000000325. The first-order chi connectivity index (χ1) is 9.32. The van der Waals surface area contributed by atoms with Crippen molar-refractivity contribution in [1.29, 1.82) is 0 Å². The molecule has 0 bridgehead atoms. The zero-order chi connectivity index (χ0) is 15.3. The van der Waals surface area contributed by atoms with Gasteiger partial charge in [-0.15, -0.1) is 0 Å². The fraction of sp³-hybridized carbons (Fsp3) is 0.786. The molecule has 9 N–H and O–H groups in total. The fourth-order valence-corrected chi connectivity index (χ4v) is 2.54. The molecule has 1 amide bonds. The predicted molar refractivity (Wildman–Crippen MR) is 83.0 cm³/mol. The van der Waals surface area contributed by atoms with E-state index in [1.165, 1.54) is 19.8 Å². The number of nitrogens with two attached hydrogens (primary N) is 2. The predicted octanol–water partition coefficient (Wildman–Crippen LogP) is -1.77. The van der Waals surface area contributed by atoms with E-state index in [9.17, 15) is 14.4 Å². The van der Waals surface area contributed by atoms with Gasteiger partial charge < -0.3 is 27.7 Å². The van der Waals surface area contributed by atoms with Crippen LogP contribution in [0.3, 0.4) is 0 Å². The van der Waals surface area contributed by atoms with Crippen LogP contribution in [0, 0.1) is 5.92 Å². The van der Waals surface area contributed by atoms with E-state index < -0.39 is 11.8 Å². The molecule has 1 aliphatic heterocycles. The number of piperidine rings is 1. The normalized spacial score (nSPS) is 29.4. The van der Waals surface area contributed by atoms with Crippen LogP contribution < -0.4 is 16.8 Å². The molecular weight excluding hydrogens is 485 g/mol. The van der Waals surface area contributed by atoms with Crippen LogP contribution >= 0.6 is 0 Å². The van der Waals surface area contributed by atoms with Gasteiger partial charge in [0.1, 0.15) is 5.78 Å². The second-order valence-electron chi connectivity index (χ2n) is 5.74. The van der Waals surface area contributed by atoms with Crippen molar-refractivity contribution >= 4 is 17.5 Å². The van der Waals surface area contributed by atoms with E-state index in [4.69, 9.17) is 11.5 Å². The molecule has 8 nitrogen and oxygen atoms in total. The van der Waals surface area contributed by atoms with Crippen LogP contribution in [0.1, 0.15) is 46.0 Å². The summed E-state index contributed by atoms with van der Waals surface area (Å²) >= 11 is 0. The summed E-state index contributed by atoms with van der Waals surface area (Å²) in [5.74, 6) is -2.14. The van der Waals surface area contributed by atoms with Gasteiger partial charge in [0.2, 0.25) is 5.91 Å². The molecule has 2 unspecified atom stereocenters. The van der Waals surface area contributed by atoms with Gasteiger partial charge in [-0.3, -0.25) is 14.4 Å². The van der Waals surface area contributed by atoms with Gasteiger partial charge in [0, 0.05) is 45.6 Å². The van der Waals surface area contributed by atoms with Crippen LogP contribution in [-0.4, -0.2) is 46.6 Å². The number of amides is 1. The molecule has 1 saturated carbocycles. The maximum atomic E-state index is 11.2. The van der Waals surface area contributed by atoms with Gasteiger partial charge in [-0.1, -0.05) is 12.8 Å². The van der Waals surface area contributed by atoms with Gasteiger partial charge in [0.25, 0.3) is 0 Å². The molecule has 2 fully saturated rings. The molecule has 2 rings (SSSR count). The molecule has 4 atom stereocenters. The maximum absolute atomic E-state index is 11.2. The Morgan fingerprint density at radius 2 is 1.52 bits per heavy atom. The monoisotopic (exact) mass is 514 g/mol. The van der Waals surface area contributed by atoms with E-state index in [2.05, 4.69) is 5.32 Å². The van der Waals surface area contributed by atoms with Crippen molar-refractivity contribution in [3.05, 3.63) is 0 Å². The molecule has 0 aromatic heterocycles. The third-order valence-corrected chi connectivity index (χ3v) is 3.76. The molecule has 1 aliphatic carbocycles. The first-order valence-corrected chi connectivity index (χ1v) is 7.17. The van der Waals surface area contributed by atoms with Gasteiger partial charge in [-0.2, -0.15) is 0 Å². The van der Waals surface area contributed by atoms with Crippen LogP contribution in [0.2, 0.25) is 0 Å². The molecule has 0 radical (unpaired) electrons. The summed E-state index contributed by atoms with van der Waals surface area (Å²) in [7, 11) is 0. The fourth-order valence-electron chi connectivity index (χ4n) is 2.54. The van der Waals surface area contributed by atoms with E-state index in [-0.39, 0.29) is 68.1 Å². The summed E-state index contributed by atoms with van der Waals surface area (Å²) in [6.07, 6.45) is 5.06. The van der Waals surface area contributed by atoms with E-state index >= 15 is 0 Å². The minimum Gasteiger partial charge on any atom is -0.412 e. The number of ketones is 2. The minimum absolute atomic E-state index is 0. The Kier molecular flexibility index (Phi) is 15.0. The molecule has 1 saturated heterocycles. The molecule has 0 aromatic carbocycles. The van der Waals surface area contributed by atoms with Crippen molar-refractivity contribution in [3.8, 4) is 0 Å². The van der Waals surface area contributed by atoms with Crippen LogP contribution in [0.4, 0.5) is 0 Å². The van der Waals surface area contributed by atoms with Gasteiger partial charge in [0.15, 0.2) is 11.7 Å². The first-order valence-electron chi connectivity index (χ1n) is 7.17. The zero-order valence-electron chi connectivity index (χ0n) is 13.5. The molecule has 0 spiro atoms. The number of Topliss-reactive ketones (excluding diaryl/α,β-unsaturated/α-hetero) is 2. The smallest absolute Gasteiger partial charge is 0.238 e. The Hall–Kier alpha value is -0.662. The molecule has 9 heteroatoms. The van der Waals surface area contributed by atoms with E-state index in [1.54, 1.807) is 6.92 Å². The SMILES string of the molecule is CC(=O)C1C(=O)CC(C)NC1=O.N[C@@H]1CCCC[C@H]1N.O.O.[Pt]. The van der Waals surface area contributed by atoms with Crippen LogP contribution in [0.15, 0.2) is 0 Å². The van der Waals surface area contributed by atoms with Crippen LogP contribution in [-0.2, 0) is 35.4 Å². The number of rotatable bonds is 1. The molecule has 140 valence electrons. The van der Waals surface area contributed by atoms with Crippen molar-refractivity contribution < 1.29 is 46.4 Å². The van der Waals surface area contributed by atoms with Crippen LogP contribution in [0.25, 0.3) is 0 Å². The summed E-state index contributed by atoms with van der Waals surface area (Å²) in [4.78, 5) is 33.1. The summed E-state index contributed by atoms with van der Waals surface area (Å²) in [6.45, 7) is 3.00. The molecule has 0 aromatic rings. The third kappa shape index (κ3) is 8.67. The minimum atomic E-state index is -1.05. The van der Waals surface area contributed by atoms with Gasteiger partial charge in [-0.05, 0) is 26.7 Å². The largest absolute Gasteiger partial charge is 0.412 e. The second-order valence-corrected chi connectivity index (χ2v) is 5.74. The number of hydrogen-bond acceptors (Lipinski definition) is 5. The summed E-state index contributed by atoms with van der Waals surface area (Å²) in [5.41, 5.74) is 11.3. The van der Waals surface area contributed by atoms with Crippen LogP contribution in [0.5, 0.6) is 0 Å². The maximum Gasteiger partial charge on any atom is 0.238 e.